The van der Waals surface area contributed by atoms with E-state index in [1.165, 1.54) is 6.42 Å². The Balaban J connectivity index is 2.23. The third kappa shape index (κ3) is 6.37. The Morgan fingerprint density at radius 1 is 1.30 bits per heavy atom. The van der Waals surface area contributed by atoms with Crippen molar-refractivity contribution in [3.63, 3.8) is 0 Å². The van der Waals surface area contributed by atoms with Crippen molar-refractivity contribution in [3.8, 4) is 0 Å². The van der Waals surface area contributed by atoms with Crippen LogP contribution in [0.2, 0.25) is 0 Å². The highest BCUT2D eigenvalue weighted by Crippen LogP contribution is 2.17. The zero-order valence-electron chi connectivity index (χ0n) is 13.1. The molecule has 1 unspecified atom stereocenters. The lowest BCUT2D eigenvalue weighted by Crippen LogP contribution is -2.42. The standard InChI is InChI=1S/C15H29N3O2/c1-12(2)17-14(19)7-4-8-15(20)18-9-5-6-13(11-18)10-16-3/h12-13,16H,4-11H2,1-3H3,(H,17,19). The van der Waals surface area contributed by atoms with Crippen molar-refractivity contribution in [1.29, 1.82) is 0 Å². The average molecular weight is 283 g/mol. The Kier molecular flexibility index (Phi) is 7.59. The lowest BCUT2D eigenvalue weighted by molar-refractivity contribution is -0.133. The Bertz CT molecular complexity index is 316. The molecule has 1 atom stereocenters. The van der Waals surface area contributed by atoms with Gasteiger partial charge in [0.1, 0.15) is 0 Å². The predicted octanol–water partition coefficient (Wildman–Crippen LogP) is 1.14. The van der Waals surface area contributed by atoms with Crippen molar-refractivity contribution in [2.45, 2.75) is 52.0 Å². The molecule has 0 aromatic carbocycles. The maximum Gasteiger partial charge on any atom is 0.222 e. The first kappa shape index (κ1) is 17.0. The van der Waals surface area contributed by atoms with E-state index in [0.717, 1.165) is 26.1 Å². The molecule has 5 nitrogen and oxygen atoms in total. The van der Waals surface area contributed by atoms with Crippen molar-refractivity contribution in [2.75, 3.05) is 26.7 Å². The van der Waals surface area contributed by atoms with Crippen molar-refractivity contribution < 1.29 is 9.59 Å². The van der Waals surface area contributed by atoms with E-state index in [4.69, 9.17) is 0 Å². The van der Waals surface area contributed by atoms with Gasteiger partial charge in [-0.05, 0) is 52.6 Å². The summed E-state index contributed by atoms with van der Waals surface area (Å²) in [5, 5.41) is 6.03. The molecule has 0 bridgehead atoms. The van der Waals surface area contributed by atoms with Crippen LogP contribution in [0.5, 0.6) is 0 Å². The van der Waals surface area contributed by atoms with Gasteiger partial charge < -0.3 is 15.5 Å². The maximum atomic E-state index is 12.1. The van der Waals surface area contributed by atoms with E-state index in [1.54, 1.807) is 0 Å². The Labute approximate surface area is 122 Å². The molecular formula is C15H29N3O2. The summed E-state index contributed by atoms with van der Waals surface area (Å²) in [6, 6.07) is 0.169. The second kappa shape index (κ2) is 8.95. The minimum Gasteiger partial charge on any atom is -0.354 e. The number of nitrogens with zero attached hydrogens (tertiary/aromatic N) is 1. The summed E-state index contributed by atoms with van der Waals surface area (Å²) < 4.78 is 0. The van der Waals surface area contributed by atoms with Gasteiger partial charge >= 0.3 is 0 Å². The maximum absolute atomic E-state index is 12.1. The van der Waals surface area contributed by atoms with Gasteiger partial charge in [0, 0.05) is 32.0 Å². The molecule has 1 rings (SSSR count). The van der Waals surface area contributed by atoms with Crippen molar-refractivity contribution in [1.82, 2.24) is 15.5 Å². The van der Waals surface area contributed by atoms with Crippen LogP contribution < -0.4 is 10.6 Å². The summed E-state index contributed by atoms with van der Waals surface area (Å²) in [5.41, 5.74) is 0. The van der Waals surface area contributed by atoms with E-state index >= 15 is 0 Å². The molecule has 0 aromatic rings. The molecule has 2 amide bonds. The number of carbonyl (C=O) groups excluding carboxylic acids is 2. The number of piperidine rings is 1. The molecule has 1 heterocycles. The van der Waals surface area contributed by atoms with Gasteiger partial charge in [-0.2, -0.15) is 0 Å². The summed E-state index contributed by atoms with van der Waals surface area (Å²) in [6.45, 7) is 6.59. The van der Waals surface area contributed by atoms with Crippen LogP contribution in [-0.4, -0.2) is 49.4 Å². The zero-order chi connectivity index (χ0) is 15.0. The Hall–Kier alpha value is -1.10. The minimum absolute atomic E-state index is 0.0412. The molecule has 0 aromatic heterocycles. The van der Waals surface area contributed by atoms with E-state index < -0.39 is 0 Å². The fraction of sp³-hybridized carbons (Fsp3) is 0.867. The highest BCUT2D eigenvalue weighted by Gasteiger charge is 2.22. The number of hydrogen-bond donors (Lipinski definition) is 2. The van der Waals surface area contributed by atoms with E-state index in [2.05, 4.69) is 10.6 Å². The molecule has 0 saturated carbocycles. The molecule has 116 valence electrons. The number of likely N-dealkylation sites (tertiary alicyclic amines) is 1. The second-order valence-corrected chi connectivity index (χ2v) is 5.98. The number of carbonyl (C=O) groups is 2. The second-order valence-electron chi connectivity index (χ2n) is 5.98. The molecule has 1 fully saturated rings. The smallest absolute Gasteiger partial charge is 0.222 e. The number of amides is 2. The fourth-order valence-corrected chi connectivity index (χ4v) is 2.70. The van der Waals surface area contributed by atoms with Crippen LogP contribution in [0.25, 0.3) is 0 Å². The summed E-state index contributed by atoms with van der Waals surface area (Å²) >= 11 is 0. The minimum atomic E-state index is 0.0412. The van der Waals surface area contributed by atoms with Crippen LogP contribution in [-0.2, 0) is 9.59 Å². The number of hydrogen-bond acceptors (Lipinski definition) is 3. The largest absolute Gasteiger partial charge is 0.354 e. The first-order valence-corrected chi connectivity index (χ1v) is 7.74. The highest BCUT2D eigenvalue weighted by atomic mass is 16.2. The highest BCUT2D eigenvalue weighted by molar-refractivity contribution is 5.79. The van der Waals surface area contributed by atoms with Gasteiger partial charge in [-0.15, -0.1) is 0 Å². The molecule has 20 heavy (non-hydrogen) atoms. The first-order valence-electron chi connectivity index (χ1n) is 7.74. The molecule has 1 saturated heterocycles. The Morgan fingerprint density at radius 2 is 2.05 bits per heavy atom. The predicted molar refractivity (Wildman–Crippen MR) is 80.4 cm³/mol. The molecule has 1 aliphatic rings. The summed E-state index contributed by atoms with van der Waals surface area (Å²) in [5.74, 6) is 0.810. The van der Waals surface area contributed by atoms with Crippen molar-refractivity contribution >= 4 is 11.8 Å². The normalized spacial score (nSPS) is 19.2. The van der Waals surface area contributed by atoms with E-state index in [-0.39, 0.29) is 17.9 Å². The van der Waals surface area contributed by atoms with Crippen molar-refractivity contribution in [2.24, 2.45) is 5.92 Å². The third-order valence-electron chi connectivity index (χ3n) is 3.61. The number of rotatable bonds is 7. The van der Waals surface area contributed by atoms with Crippen LogP contribution in [0.1, 0.15) is 46.0 Å². The Morgan fingerprint density at radius 3 is 2.70 bits per heavy atom. The van der Waals surface area contributed by atoms with Gasteiger partial charge in [-0.3, -0.25) is 9.59 Å². The molecule has 5 heteroatoms. The van der Waals surface area contributed by atoms with Crippen LogP contribution in [0.4, 0.5) is 0 Å². The van der Waals surface area contributed by atoms with Gasteiger partial charge in [0.15, 0.2) is 0 Å². The van der Waals surface area contributed by atoms with Crippen LogP contribution in [0, 0.1) is 5.92 Å². The third-order valence-corrected chi connectivity index (χ3v) is 3.61. The topological polar surface area (TPSA) is 61.4 Å². The van der Waals surface area contributed by atoms with Crippen molar-refractivity contribution in [3.05, 3.63) is 0 Å². The molecule has 0 spiro atoms. The van der Waals surface area contributed by atoms with Crippen LogP contribution >= 0.6 is 0 Å². The summed E-state index contributed by atoms with van der Waals surface area (Å²) in [4.78, 5) is 25.6. The average Bonchev–Trinajstić information content (AvgIpc) is 2.38. The SMILES string of the molecule is CNCC1CCCN(C(=O)CCCC(=O)NC(C)C)C1. The van der Waals surface area contributed by atoms with E-state index in [1.807, 2.05) is 25.8 Å². The van der Waals surface area contributed by atoms with E-state index in [0.29, 0.717) is 25.2 Å². The van der Waals surface area contributed by atoms with E-state index in [9.17, 15) is 9.59 Å². The van der Waals surface area contributed by atoms with Gasteiger partial charge in [-0.25, -0.2) is 0 Å². The lowest BCUT2D eigenvalue weighted by atomic mass is 9.97. The van der Waals surface area contributed by atoms with Gasteiger partial charge in [0.2, 0.25) is 11.8 Å². The van der Waals surface area contributed by atoms with Gasteiger partial charge in [0.05, 0.1) is 0 Å². The first-order chi connectivity index (χ1) is 9.52. The summed E-state index contributed by atoms with van der Waals surface area (Å²) in [7, 11) is 1.95. The van der Waals surface area contributed by atoms with Gasteiger partial charge in [0.25, 0.3) is 0 Å². The lowest BCUT2D eigenvalue weighted by Gasteiger charge is -2.32. The molecule has 0 radical (unpaired) electrons. The molecule has 0 aliphatic carbocycles. The van der Waals surface area contributed by atoms with Crippen LogP contribution in [0.3, 0.4) is 0 Å². The molecule has 1 aliphatic heterocycles. The molecular weight excluding hydrogens is 254 g/mol. The zero-order valence-corrected chi connectivity index (χ0v) is 13.1. The fourth-order valence-electron chi connectivity index (χ4n) is 2.70. The monoisotopic (exact) mass is 283 g/mol. The number of nitrogens with one attached hydrogen (secondary N) is 2. The summed E-state index contributed by atoms with van der Waals surface area (Å²) in [6.07, 6.45) is 3.85. The molecule has 2 N–H and O–H groups in total. The quantitative estimate of drug-likeness (QED) is 0.736. The van der Waals surface area contributed by atoms with Crippen LogP contribution in [0.15, 0.2) is 0 Å². The van der Waals surface area contributed by atoms with Gasteiger partial charge in [-0.1, -0.05) is 0 Å².